The molecule has 94 valence electrons. The third kappa shape index (κ3) is 3.05. The Morgan fingerprint density at radius 3 is 2.61 bits per heavy atom. The zero-order chi connectivity index (χ0) is 13.1. The Hall–Kier alpha value is -1.47. The fourth-order valence-corrected chi connectivity index (χ4v) is 2.29. The van der Waals surface area contributed by atoms with Crippen LogP contribution in [0.4, 0.5) is 5.13 Å². The van der Waals surface area contributed by atoms with Crippen LogP contribution < -0.4 is 5.73 Å². The number of nitrogens with zero attached hydrogens (tertiary/aromatic N) is 3. The Kier molecular flexibility index (Phi) is 3.93. The summed E-state index contributed by atoms with van der Waals surface area (Å²) in [6.45, 7) is 0.519. The molecule has 1 amide bonds. The summed E-state index contributed by atoms with van der Waals surface area (Å²) in [6, 6.07) is 7.80. The molecule has 0 radical (unpaired) electrons. The second-order valence-corrected chi connectivity index (χ2v) is 5.66. The van der Waals surface area contributed by atoms with Gasteiger partial charge in [0.05, 0.1) is 0 Å². The summed E-state index contributed by atoms with van der Waals surface area (Å²) in [7, 11) is 1.72. The summed E-state index contributed by atoms with van der Waals surface area (Å²) >= 11 is 4.46. The van der Waals surface area contributed by atoms with Gasteiger partial charge < -0.3 is 10.6 Å². The van der Waals surface area contributed by atoms with Crippen molar-refractivity contribution in [3.63, 3.8) is 0 Å². The van der Waals surface area contributed by atoms with Gasteiger partial charge in [0.25, 0.3) is 5.91 Å². The van der Waals surface area contributed by atoms with Crippen molar-refractivity contribution in [2.75, 3.05) is 12.8 Å². The summed E-state index contributed by atoms with van der Waals surface area (Å²) in [5.41, 5.74) is 6.50. The minimum Gasteiger partial charge on any atom is -0.374 e. The van der Waals surface area contributed by atoms with E-state index in [1.54, 1.807) is 11.9 Å². The van der Waals surface area contributed by atoms with Crippen LogP contribution in [-0.2, 0) is 6.54 Å². The molecule has 0 saturated heterocycles. The van der Waals surface area contributed by atoms with Gasteiger partial charge in [0.1, 0.15) is 0 Å². The average molecular weight is 327 g/mol. The summed E-state index contributed by atoms with van der Waals surface area (Å²) in [4.78, 5) is 13.6. The summed E-state index contributed by atoms with van der Waals surface area (Å²) < 4.78 is 1.01. The molecule has 1 heterocycles. The van der Waals surface area contributed by atoms with Crippen molar-refractivity contribution in [1.82, 2.24) is 15.1 Å². The molecule has 0 aliphatic carbocycles. The van der Waals surface area contributed by atoms with Crippen LogP contribution >= 0.6 is 27.3 Å². The molecule has 0 unspecified atom stereocenters. The number of aromatic nitrogens is 2. The van der Waals surface area contributed by atoms with Gasteiger partial charge in [-0.25, -0.2) is 0 Å². The van der Waals surface area contributed by atoms with E-state index in [-0.39, 0.29) is 5.91 Å². The van der Waals surface area contributed by atoms with E-state index in [0.717, 1.165) is 21.4 Å². The number of halogens is 1. The smallest absolute Gasteiger partial charge is 0.284 e. The summed E-state index contributed by atoms with van der Waals surface area (Å²) in [5.74, 6) is -0.174. The zero-order valence-electron chi connectivity index (χ0n) is 9.63. The first-order valence-corrected chi connectivity index (χ1v) is 6.76. The Bertz CT molecular complexity index is 554. The lowest BCUT2D eigenvalue weighted by atomic mass is 10.2. The molecule has 18 heavy (non-hydrogen) atoms. The molecule has 0 saturated carbocycles. The SMILES string of the molecule is CN(Cc1ccc(Br)cc1)C(=O)c1nnc(N)s1. The van der Waals surface area contributed by atoms with Crippen LogP contribution in [0.3, 0.4) is 0 Å². The van der Waals surface area contributed by atoms with Crippen molar-refractivity contribution >= 4 is 38.3 Å². The van der Waals surface area contributed by atoms with E-state index in [1.165, 1.54) is 0 Å². The number of benzene rings is 1. The maximum atomic E-state index is 12.0. The van der Waals surface area contributed by atoms with E-state index in [9.17, 15) is 4.79 Å². The molecular weight excluding hydrogens is 316 g/mol. The molecule has 0 bridgehead atoms. The van der Waals surface area contributed by atoms with Crippen molar-refractivity contribution < 1.29 is 4.79 Å². The van der Waals surface area contributed by atoms with Crippen LogP contribution in [0.25, 0.3) is 0 Å². The number of amides is 1. The molecule has 0 atom stereocenters. The van der Waals surface area contributed by atoms with Gasteiger partial charge in [-0.15, -0.1) is 10.2 Å². The predicted molar refractivity (Wildman–Crippen MR) is 74.3 cm³/mol. The lowest BCUT2D eigenvalue weighted by molar-refractivity contribution is 0.0784. The second kappa shape index (κ2) is 5.45. The molecule has 2 N–H and O–H groups in total. The highest BCUT2D eigenvalue weighted by atomic mass is 79.9. The maximum absolute atomic E-state index is 12.0. The number of carbonyl (C=O) groups excluding carboxylic acids is 1. The number of hydrogen-bond acceptors (Lipinski definition) is 5. The van der Waals surface area contributed by atoms with Crippen molar-refractivity contribution in [3.05, 3.63) is 39.3 Å². The third-order valence-electron chi connectivity index (χ3n) is 2.30. The van der Waals surface area contributed by atoms with E-state index in [4.69, 9.17) is 5.73 Å². The van der Waals surface area contributed by atoms with Gasteiger partial charge in [-0.3, -0.25) is 4.79 Å². The quantitative estimate of drug-likeness (QED) is 0.938. The Morgan fingerprint density at radius 2 is 2.06 bits per heavy atom. The highest BCUT2D eigenvalue weighted by Gasteiger charge is 2.16. The van der Waals surface area contributed by atoms with Crippen LogP contribution in [0.1, 0.15) is 15.4 Å². The van der Waals surface area contributed by atoms with E-state index in [0.29, 0.717) is 16.7 Å². The Balaban J connectivity index is 2.05. The highest BCUT2D eigenvalue weighted by molar-refractivity contribution is 9.10. The van der Waals surface area contributed by atoms with Gasteiger partial charge in [0.2, 0.25) is 10.1 Å². The van der Waals surface area contributed by atoms with Gasteiger partial charge in [-0.05, 0) is 17.7 Å². The molecule has 1 aromatic carbocycles. The highest BCUT2D eigenvalue weighted by Crippen LogP contribution is 2.15. The van der Waals surface area contributed by atoms with Crippen LogP contribution in [-0.4, -0.2) is 28.1 Å². The monoisotopic (exact) mass is 326 g/mol. The molecule has 0 spiro atoms. The molecule has 0 fully saturated rings. The molecule has 0 aliphatic heterocycles. The van der Waals surface area contributed by atoms with Gasteiger partial charge in [-0.1, -0.05) is 39.4 Å². The molecule has 1 aromatic heterocycles. The number of nitrogen functional groups attached to an aromatic ring is 1. The van der Waals surface area contributed by atoms with Gasteiger partial charge >= 0.3 is 0 Å². The molecule has 5 nitrogen and oxygen atoms in total. The lowest BCUT2D eigenvalue weighted by Crippen LogP contribution is -2.26. The van der Waals surface area contributed by atoms with Crippen molar-refractivity contribution in [2.24, 2.45) is 0 Å². The van der Waals surface area contributed by atoms with E-state index < -0.39 is 0 Å². The summed E-state index contributed by atoms with van der Waals surface area (Å²) in [5, 5.41) is 7.98. The van der Waals surface area contributed by atoms with E-state index in [2.05, 4.69) is 26.1 Å². The second-order valence-electron chi connectivity index (χ2n) is 3.73. The largest absolute Gasteiger partial charge is 0.374 e. The number of nitrogens with two attached hydrogens (primary N) is 1. The van der Waals surface area contributed by atoms with Crippen molar-refractivity contribution in [1.29, 1.82) is 0 Å². The van der Waals surface area contributed by atoms with Crippen molar-refractivity contribution in [2.45, 2.75) is 6.54 Å². The Labute approximate surface area is 117 Å². The number of hydrogen-bond donors (Lipinski definition) is 1. The number of rotatable bonds is 3. The predicted octanol–water partition coefficient (Wildman–Crippen LogP) is 2.16. The number of anilines is 1. The zero-order valence-corrected chi connectivity index (χ0v) is 12.0. The molecular formula is C11H11BrN4OS. The van der Waals surface area contributed by atoms with Crippen LogP contribution in [0.5, 0.6) is 0 Å². The molecule has 2 rings (SSSR count). The molecule has 7 heteroatoms. The van der Waals surface area contributed by atoms with Crippen LogP contribution in [0, 0.1) is 0 Å². The molecule has 0 aliphatic rings. The van der Waals surface area contributed by atoms with Crippen molar-refractivity contribution in [3.8, 4) is 0 Å². The first-order valence-electron chi connectivity index (χ1n) is 5.15. The van der Waals surface area contributed by atoms with Gasteiger partial charge in [0.15, 0.2) is 0 Å². The third-order valence-corrected chi connectivity index (χ3v) is 3.57. The minimum atomic E-state index is -0.174. The van der Waals surface area contributed by atoms with Gasteiger partial charge in [0, 0.05) is 18.1 Å². The Morgan fingerprint density at radius 1 is 1.39 bits per heavy atom. The summed E-state index contributed by atoms with van der Waals surface area (Å²) in [6.07, 6.45) is 0. The first-order chi connectivity index (χ1) is 8.56. The average Bonchev–Trinajstić information content (AvgIpc) is 2.78. The standard InChI is InChI=1S/C11H11BrN4OS/c1-16(6-7-2-4-8(12)5-3-7)10(17)9-14-15-11(13)18-9/h2-5H,6H2,1H3,(H2,13,15). The minimum absolute atomic E-state index is 0.174. The first kappa shape index (κ1) is 13.0. The number of carbonyl (C=O) groups is 1. The fraction of sp³-hybridized carbons (Fsp3) is 0.182. The normalized spacial score (nSPS) is 10.3. The van der Waals surface area contributed by atoms with E-state index >= 15 is 0 Å². The molecule has 2 aromatic rings. The topological polar surface area (TPSA) is 72.1 Å². The fourth-order valence-electron chi connectivity index (χ4n) is 1.42. The van der Waals surface area contributed by atoms with Crippen LogP contribution in [0.2, 0.25) is 0 Å². The van der Waals surface area contributed by atoms with E-state index in [1.807, 2.05) is 24.3 Å². The van der Waals surface area contributed by atoms with Crippen LogP contribution in [0.15, 0.2) is 28.7 Å². The van der Waals surface area contributed by atoms with Gasteiger partial charge in [-0.2, -0.15) is 0 Å². The lowest BCUT2D eigenvalue weighted by Gasteiger charge is -2.15. The maximum Gasteiger partial charge on any atom is 0.284 e.